The average Bonchev–Trinajstić information content (AvgIpc) is 3.16. The van der Waals surface area contributed by atoms with Crippen molar-refractivity contribution in [2.75, 3.05) is 37.5 Å². The van der Waals surface area contributed by atoms with Crippen LogP contribution < -0.4 is 10.2 Å². The van der Waals surface area contributed by atoms with E-state index in [4.69, 9.17) is 19.4 Å². The van der Waals surface area contributed by atoms with Crippen molar-refractivity contribution in [3.05, 3.63) is 77.6 Å². The van der Waals surface area contributed by atoms with Crippen molar-refractivity contribution < 1.29 is 22.7 Å². The van der Waals surface area contributed by atoms with Crippen molar-refractivity contribution in [2.45, 2.75) is 37.5 Å². The zero-order chi connectivity index (χ0) is 29.3. The van der Waals surface area contributed by atoms with Gasteiger partial charge in [-0.2, -0.15) is 0 Å². The Labute approximate surface area is 245 Å². The van der Waals surface area contributed by atoms with Gasteiger partial charge in [0.25, 0.3) is 5.91 Å². The predicted molar refractivity (Wildman–Crippen MR) is 159 cm³/mol. The molecule has 0 saturated carbocycles. The van der Waals surface area contributed by atoms with E-state index in [0.717, 1.165) is 47.6 Å². The molecule has 3 aromatic heterocycles. The highest BCUT2D eigenvalue weighted by atomic mass is 32.2. The average molecular weight is 588 g/mol. The van der Waals surface area contributed by atoms with Crippen LogP contribution in [0.4, 0.5) is 5.82 Å². The number of amides is 1. The van der Waals surface area contributed by atoms with E-state index in [0.29, 0.717) is 17.2 Å². The minimum atomic E-state index is -3.51. The molecule has 10 nitrogen and oxygen atoms in total. The Morgan fingerprint density at radius 3 is 2.81 bits per heavy atom. The fourth-order valence-electron chi connectivity index (χ4n) is 5.56. The van der Waals surface area contributed by atoms with E-state index in [1.165, 1.54) is 6.07 Å². The number of aromatic nitrogens is 3. The molecule has 1 amide bonds. The Kier molecular flexibility index (Phi) is 7.89. The third-order valence-corrected chi connectivity index (χ3v) is 9.68. The predicted octanol–water partition coefficient (Wildman–Crippen LogP) is 3.79. The van der Waals surface area contributed by atoms with Gasteiger partial charge in [0, 0.05) is 37.3 Å². The van der Waals surface area contributed by atoms with Gasteiger partial charge in [0.05, 0.1) is 59.1 Å². The number of carbonyl (C=O) groups is 1. The van der Waals surface area contributed by atoms with E-state index in [1.54, 1.807) is 25.4 Å². The van der Waals surface area contributed by atoms with E-state index in [9.17, 15) is 13.2 Å². The number of hydrogen-bond donors (Lipinski definition) is 1. The Hall–Kier alpha value is -3.93. The lowest BCUT2D eigenvalue weighted by Gasteiger charge is -2.36. The van der Waals surface area contributed by atoms with Gasteiger partial charge >= 0.3 is 0 Å². The summed E-state index contributed by atoms with van der Waals surface area (Å²) in [6, 6.07) is 16.4. The minimum absolute atomic E-state index is 0.104. The number of piperidine rings is 1. The van der Waals surface area contributed by atoms with Gasteiger partial charge in [0.15, 0.2) is 9.84 Å². The van der Waals surface area contributed by atoms with Gasteiger partial charge in [-0.25, -0.2) is 18.4 Å². The smallest absolute Gasteiger partial charge is 0.251 e. The summed E-state index contributed by atoms with van der Waals surface area (Å²) in [4.78, 5) is 29.6. The molecular formula is C31H33N5O5S. The number of carbonyl (C=O) groups excluding carboxylic acids is 1. The summed E-state index contributed by atoms with van der Waals surface area (Å²) in [5, 5.41) is 3.72. The second-order valence-electron chi connectivity index (χ2n) is 10.8. The maximum Gasteiger partial charge on any atom is 0.251 e. The summed E-state index contributed by atoms with van der Waals surface area (Å²) in [7, 11) is -1.73. The molecule has 42 heavy (non-hydrogen) atoms. The van der Waals surface area contributed by atoms with Crippen LogP contribution in [0.2, 0.25) is 0 Å². The number of pyridine rings is 3. The van der Waals surface area contributed by atoms with Crippen molar-refractivity contribution >= 4 is 32.5 Å². The molecule has 0 aliphatic carbocycles. The topological polar surface area (TPSA) is 124 Å². The highest BCUT2D eigenvalue weighted by molar-refractivity contribution is 7.91. The van der Waals surface area contributed by atoms with Crippen LogP contribution in [0.5, 0.6) is 0 Å². The van der Waals surface area contributed by atoms with Crippen LogP contribution in [0.15, 0.2) is 65.7 Å². The van der Waals surface area contributed by atoms with Gasteiger partial charge in [0.2, 0.25) is 0 Å². The van der Waals surface area contributed by atoms with Crippen LogP contribution in [0.1, 0.15) is 35.0 Å². The quantitative estimate of drug-likeness (QED) is 0.359. The van der Waals surface area contributed by atoms with Gasteiger partial charge in [-0.1, -0.05) is 19.1 Å². The molecule has 4 aromatic rings. The summed E-state index contributed by atoms with van der Waals surface area (Å²) in [6.45, 7) is 4.49. The molecular weight excluding hydrogens is 554 g/mol. The number of nitrogens with zero attached hydrogens (tertiary/aromatic N) is 4. The monoisotopic (exact) mass is 587 g/mol. The first kappa shape index (κ1) is 28.2. The molecule has 2 aliphatic heterocycles. The second-order valence-corrected chi connectivity index (χ2v) is 12.9. The molecule has 0 bridgehead atoms. The van der Waals surface area contributed by atoms with Crippen LogP contribution in [0.3, 0.4) is 0 Å². The fourth-order valence-corrected chi connectivity index (χ4v) is 6.95. The van der Waals surface area contributed by atoms with E-state index in [2.05, 4.69) is 22.1 Å². The third kappa shape index (κ3) is 5.85. The second kappa shape index (κ2) is 11.7. The molecule has 6 rings (SSSR count). The van der Waals surface area contributed by atoms with Crippen molar-refractivity contribution in [3.8, 4) is 11.4 Å². The first-order valence-electron chi connectivity index (χ1n) is 14.0. The van der Waals surface area contributed by atoms with E-state index < -0.39 is 9.84 Å². The number of ether oxygens (including phenoxy) is 2. The number of hydrogen-bond acceptors (Lipinski definition) is 9. The summed E-state index contributed by atoms with van der Waals surface area (Å²) < 4.78 is 36.2. The zero-order valence-corrected chi connectivity index (χ0v) is 24.4. The van der Waals surface area contributed by atoms with Crippen LogP contribution >= 0.6 is 0 Å². The number of rotatable bonds is 6. The molecule has 1 fully saturated rings. The van der Waals surface area contributed by atoms with Crippen LogP contribution in [0, 0.1) is 5.92 Å². The lowest BCUT2D eigenvalue weighted by atomic mass is 9.96. The molecule has 5 heterocycles. The van der Waals surface area contributed by atoms with Crippen molar-refractivity contribution in [1.82, 2.24) is 20.3 Å². The van der Waals surface area contributed by atoms with E-state index in [1.807, 2.05) is 36.4 Å². The first-order valence-corrected chi connectivity index (χ1v) is 15.7. The lowest BCUT2D eigenvalue weighted by Crippen LogP contribution is -2.43. The standard InChI is InChI=1S/C31H33N5O5S/c1-20-18-36(11-10-28(20)40-2)30-5-3-4-25(35-30)26-9-8-22-16-32-24(15-27(22)34-26)17-33-31(37)21-6-7-23-19-41-12-13-42(38,39)29(23)14-21/h3-9,14-16,20,28H,10-13,17-19H2,1-2H3,(H,33,37)/t20-,28-/m1/s1. The van der Waals surface area contributed by atoms with Crippen molar-refractivity contribution in [1.29, 1.82) is 0 Å². The molecule has 2 aliphatic rings. The van der Waals surface area contributed by atoms with Crippen LogP contribution in [0.25, 0.3) is 22.3 Å². The van der Waals surface area contributed by atoms with Crippen molar-refractivity contribution in [2.24, 2.45) is 5.92 Å². The Morgan fingerprint density at radius 2 is 1.98 bits per heavy atom. The number of nitrogens with one attached hydrogen (secondary N) is 1. The molecule has 1 N–H and O–H groups in total. The van der Waals surface area contributed by atoms with Gasteiger partial charge in [0.1, 0.15) is 5.82 Å². The molecule has 1 saturated heterocycles. The molecule has 11 heteroatoms. The molecule has 0 unspecified atom stereocenters. The number of sulfone groups is 1. The molecule has 218 valence electrons. The highest BCUT2D eigenvalue weighted by Gasteiger charge is 2.27. The third-order valence-electron chi connectivity index (χ3n) is 7.93. The summed E-state index contributed by atoms with van der Waals surface area (Å²) in [5.41, 5.74) is 3.74. The van der Waals surface area contributed by atoms with Crippen LogP contribution in [-0.4, -0.2) is 67.9 Å². The highest BCUT2D eigenvalue weighted by Crippen LogP contribution is 2.27. The molecule has 0 radical (unpaired) electrons. The number of benzene rings is 1. The molecule has 1 aromatic carbocycles. The van der Waals surface area contributed by atoms with Gasteiger partial charge in [-0.05, 0) is 60.4 Å². The summed E-state index contributed by atoms with van der Waals surface area (Å²) in [5.74, 6) is 0.852. The number of methoxy groups -OCH3 is 1. The van der Waals surface area contributed by atoms with Gasteiger partial charge in [-0.3, -0.25) is 9.78 Å². The molecule has 2 atom stereocenters. The Balaban J connectivity index is 1.18. The lowest BCUT2D eigenvalue weighted by molar-refractivity contribution is 0.0443. The van der Waals surface area contributed by atoms with Gasteiger partial charge in [-0.15, -0.1) is 0 Å². The van der Waals surface area contributed by atoms with Crippen molar-refractivity contribution in [3.63, 3.8) is 0 Å². The summed E-state index contributed by atoms with van der Waals surface area (Å²) in [6.07, 6.45) is 2.96. The Bertz CT molecular complexity index is 1750. The summed E-state index contributed by atoms with van der Waals surface area (Å²) >= 11 is 0. The minimum Gasteiger partial charge on any atom is -0.381 e. The maximum absolute atomic E-state index is 12.9. The molecule has 0 spiro atoms. The maximum atomic E-state index is 12.9. The normalized spacial score (nSPS) is 20.1. The van der Waals surface area contributed by atoms with E-state index >= 15 is 0 Å². The van der Waals surface area contributed by atoms with E-state index in [-0.39, 0.29) is 48.0 Å². The number of fused-ring (bicyclic) bond motifs is 2. The Morgan fingerprint density at radius 1 is 1.12 bits per heavy atom. The van der Waals surface area contributed by atoms with Gasteiger partial charge < -0.3 is 19.7 Å². The largest absolute Gasteiger partial charge is 0.381 e. The SMILES string of the molecule is CO[C@@H]1CCN(c2cccc(-c3ccc4cnc(CNC(=O)c5ccc6c(c5)S(=O)(=O)CCOC6)cc4n3)n2)C[C@H]1C. The fraction of sp³-hybridized carbons (Fsp3) is 0.355. The number of anilines is 1. The first-order chi connectivity index (χ1) is 20.3. The van der Waals surface area contributed by atoms with Crippen LogP contribution in [-0.2, 0) is 32.5 Å². The zero-order valence-electron chi connectivity index (χ0n) is 23.6.